The van der Waals surface area contributed by atoms with E-state index in [1.165, 1.54) is 5.57 Å². The molecule has 0 bridgehead atoms. The van der Waals surface area contributed by atoms with Crippen LogP contribution in [0.15, 0.2) is 58.4 Å². The Hall–Kier alpha value is -1.45. The van der Waals surface area contributed by atoms with E-state index in [0.717, 1.165) is 24.2 Å². The minimum atomic E-state index is -0.983. The highest BCUT2D eigenvalue weighted by Gasteiger charge is 2.15. The van der Waals surface area contributed by atoms with Gasteiger partial charge in [-0.1, -0.05) is 45.1 Å². The molecule has 2 aliphatic carbocycles. The van der Waals surface area contributed by atoms with E-state index in [1.807, 2.05) is 18.8 Å². The first kappa shape index (κ1) is 16.9. The molecule has 0 aromatic carbocycles. The van der Waals surface area contributed by atoms with Crippen molar-refractivity contribution in [2.24, 2.45) is 11.8 Å². The van der Waals surface area contributed by atoms with Crippen LogP contribution in [0.5, 0.6) is 0 Å². The van der Waals surface area contributed by atoms with Gasteiger partial charge in [-0.3, -0.25) is 0 Å². The van der Waals surface area contributed by atoms with Crippen LogP contribution in [-0.4, -0.2) is 6.66 Å². The van der Waals surface area contributed by atoms with Gasteiger partial charge in [0, 0.05) is 18.7 Å². The molecule has 2 rings (SSSR count). The molecule has 0 aromatic rings. The van der Waals surface area contributed by atoms with Crippen molar-refractivity contribution in [1.29, 1.82) is 0 Å². The summed E-state index contributed by atoms with van der Waals surface area (Å²) in [6, 6.07) is 0. The molecule has 0 aromatic heterocycles. The zero-order valence-corrected chi connectivity index (χ0v) is 15.0. The maximum Gasteiger partial charge on any atom is 0.287 e. The third-order valence-electron chi connectivity index (χ3n) is 3.72. The summed E-state index contributed by atoms with van der Waals surface area (Å²) in [7, 11) is -0.983. The van der Waals surface area contributed by atoms with Crippen LogP contribution in [-0.2, 0) is 9.05 Å². The molecule has 0 aliphatic heterocycles. The van der Waals surface area contributed by atoms with Crippen LogP contribution in [0.1, 0.15) is 40.5 Å². The van der Waals surface area contributed by atoms with E-state index in [2.05, 4.69) is 51.3 Å². The minimum absolute atomic E-state index is 0.457. The van der Waals surface area contributed by atoms with Gasteiger partial charge in [0.15, 0.2) is 5.76 Å². The van der Waals surface area contributed by atoms with Gasteiger partial charge in [0.25, 0.3) is 8.38 Å². The standard InChI is InChI=1S/C19H25O2P/c1-14(2)16-6-10-18(11-7-16)20-22(5)21-19-12-8-17(9-13-19)15(3)4/h6,8,10,12,14-15H,7,11H2,1-5H3. The van der Waals surface area contributed by atoms with Crippen molar-refractivity contribution in [3.05, 3.63) is 58.4 Å². The van der Waals surface area contributed by atoms with E-state index in [1.54, 1.807) is 0 Å². The summed E-state index contributed by atoms with van der Waals surface area (Å²) in [5, 5.41) is 0. The molecule has 22 heavy (non-hydrogen) atoms. The highest BCUT2D eigenvalue weighted by molar-refractivity contribution is 7.46. The van der Waals surface area contributed by atoms with Gasteiger partial charge in [-0.15, -0.1) is 0 Å². The molecule has 0 amide bonds. The van der Waals surface area contributed by atoms with Gasteiger partial charge in [0.1, 0.15) is 5.76 Å². The summed E-state index contributed by atoms with van der Waals surface area (Å²) in [5.41, 5.74) is 8.85. The van der Waals surface area contributed by atoms with Crippen LogP contribution in [0.25, 0.3) is 0 Å². The fraction of sp³-hybridized carbons (Fsp3) is 0.474. The normalized spacial score (nSPS) is 18.7. The molecule has 0 N–H and O–H groups in total. The second kappa shape index (κ2) is 7.70. The predicted molar refractivity (Wildman–Crippen MR) is 93.3 cm³/mol. The monoisotopic (exact) mass is 316 g/mol. The number of rotatable bonds is 6. The van der Waals surface area contributed by atoms with Crippen molar-refractivity contribution in [1.82, 2.24) is 0 Å². The molecule has 0 spiro atoms. The summed E-state index contributed by atoms with van der Waals surface area (Å²) in [6.45, 7) is 10.7. The number of hydrogen-bond donors (Lipinski definition) is 0. The van der Waals surface area contributed by atoms with Crippen molar-refractivity contribution < 1.29 is 9.05 Å². The molecule has 2 nitrogen and oxygen atoms in total. The summed E-state index contributed by atoms with van der Waals surface area (Å²) >= 11 is 0. The SMILES string of the molecule is CC(C)C1=C=C=C(OP(C)OC2=CC=C(C(C)C)CC2)C=C1. The van der Waals surface area contributed by atoms with Crippen molar-refractivity contribution in [2.45, 2.75) is 40.5 Å². The molecular formula is C19H25O2P. The third-order valence-corrected chi connectivity index (χ3v) is 4.67. The fourth-order valence-corrected chi connectivity index (χ4v) is 3.19. The number of allylic oxidation sites excluding steroid dienone is 7. The third kappa shape index (κ3) is 4.79. The zero-order valence-electron chi connectivity index (χ0n) is 14.1. The molecule has 0 radical (unpaired) electrons. The number of hydrogen-bond acceptors (Lipinski definition) is 2. The van der Waals surface area contributed by atoms with Crippen molar-refractivity contribution in [2.75, 3.05) is 6.66 Å². The predicted octanol–water partition coefficient (Wildman–Crippen LogP) is 6.01. The minimum Gasteiger partial charge on any atom is -0.443 e. The molecule has 3 heteroatoms. The first-order chi connectivity index (χ1) is 10.5. The Morgan fingerprint density at radius 2 is 1.73 bits per heavy atom. The van der Waals surface area contributed by atoms with Gasteiger partial charge in [0.05, 0.1) is 0 Å². The maximum absolute atomic E-state index is 5.93. The zero-order chi connectivity index (χ0) is 16.1. The second-order valence-corrected chi connectivity index (χ2v) is 7.45. The molecular weight excluding hydrogens is 291 g/mol. The van der Waals surface area contributed by atoms with Crippen LogP contribution >= 0.6 is 8.38 Å². The van der Waals surface area contributed by atoms with Gasteiger partial charge in [-0.2, -0.15) is 0 Å². The van der Waals surface area contributed by atoms with Crippen LogP contribution in [0.4, 0.5) is 0 Å². The first-order valence-electron chi connectivity index (χ1n) is 7.89. The summed E-state index contributed by atoms with van der Waals surface area (Å²) in [4.78, 5) is 0. The average molecular weight is 316 g/mol. The van der Waals surface area contributed by atoms with E-state index in [-0.39, 0.29) is 0 Å². The van der Waals surface area contributed by atoms with E-state index in [4.69, 9.17) is 9.05 Å². The topological polar surface area (TPSA) is 18.5 Å². The van der Waals surface area contributed by atoms with Gasteiger partial charge in [0.2, 0.25) is 0 Å². The Balaban J connectivity index is 1.94. The lowest BCUT2D eigenvalue weighted by Gasteiger charge is -2.21. The van der Waals surface area contributed by atoms with E-state index >= 15 is 0 Å². The van der Waals surface area contributed by atoms with Crippen LogP contribution in [0.3, 0.4) is 0 Å². The second-order valence-electron chi connectivity index (χ2n) is 6.21. The van der Waals surface area contributed by atoms with Gasteiger partial charge in [-0.05, 0) is 42.2 Å². The lowest BCUT2D eigenvalue weighted by atomic mass is 9.94. The Bertz CT molecular complexity index is 607. The largest absolute Gasteiger partial charge is 0.443 e. The van der Waals surface area contributed by atoms with Crippen molar-refractivity contribution in [3.63, 3.8) is 0 Å². The Morgan fingerprint density at radius 3 is 2.23 bits per heavy atom. The van der Waals surface area contributed by atoms with Gasteiger partial charge >= 0.3 is 0 Å². The lowest BCUT2D eigenvalue weighted by molar-refractivity contribution is 0.355. The quantitative estimate of drug-likeness (QED) is 0.441. The van der Waals surface area contributed by atoms with E-state index in [0.29, 0.717) is 17.6 Å². The molecule has 1 unspecified atom stereocenters. The lowest BCUT2D eigenvalue weighted by Crippen LogP contribution is -2.01. The highest BCUT2D eigenvalue weighted by atomic mass is 31.2. The summed E-state index contributed by atoms with van der Waals surface area (Å²) in [5.74, 6) is 2.79. The maximum atomic E-state index is 5.93. The van der Waals surface area contributed by atoms with Crippen LogP contribution < -0.4 is 0 Å². The average Bonchev–Trinajstić information content (AvgIpc) is 2.48. The summed E-state index contributed by atoms with van der Waals surface area (Å²) in [6.07, 6.45) is 10.3. The van der Waals surface area contributed by atoms with E-state index in [9.17, 15) is 0 Å². The Morgan fingerprint density at radius 1 is 0.955 bits per heavy atom. The molecule has 0 saturated carbocycles. The fourth-order valence-electron chi connectivity index (χ4n) is 2.29. The molecule has 0 saturated heterocycles. The van der Waals surface area contributed by atoms with Crippen LogP contribution in [0.2, 0.25) is 0 Å². The highest BCUT2D eigenvalue weighted by Crippen LogP contribution is 2.41. The van der Waals surface area contributed by atoms with Gasteiger partial charge < -0.3 is 9.05 Å². The molecule has 2 aliphatic rings. The summed E-state index contributed by atoms with van der Waals surface area (Å²) < 4.78 is 11.7. The molecule has 118 valence electrons. The molecule has 0 heterocycles. The molecule has 1 atom stereocenters. The van der Waals surface area contributed by atoms with Crippen molar-refractivity contribution in [3.8, 4) is 0 Å². The van der Waals surface area contributed by atoms with Crippen molar-refractivity contribution >= 4 is 8.38 Å². The Labute approximate surface area is 135 Å². The smallest absolute Gasteiger partial charge is 0.287 e. The first-order valence-corrected chi connectivity index (χ1v) is 9.51. The van der Waals surface area contributed by atoms with Crippen LogP contribution in [0, 0.1) is 11.8 Å². The van der Waals surface area contributed by atoms with Gasteiger partial charge in [-0.25, -0.2) is 0 Å². The molecule has 0 fully saturated rings. The van der Waals surface area contributed by atoms with E-state index < -0.39 is 8.38 Å². The Kier molecular flexibility index (Phi) is 5.92.